The molecule has 9 nitrogen and oxygen atoms in total. The largest absolute Gasteiger partial charge is 0.496 e. The second-order valence-corrected chi connectivity index (χ2v) is 9.15. The van der Waals surface area contributed by atoms with Gasteiger partial charge in [0.2, 0.25) is 0 Å². The number of anilines is 1. The fourth-order valence-corrected chi connectivity index (χ4v) is 5.01. The molecule has 1 aliphatic rings. The number of hydrogen-bond acceptors (Lipinski definition) is 6. The van der Waals surface area contributed by atoms with Gasteiger partial charge in [0.1, 0.15) is 23.4 Å². The van der Waals surface area contributed by atoms with Gasteiger partial charge in [-0.25, -0.2) is 9.97 Å². The smallest absolute Gasteiger partial charge is 0.275 e. The minimum atomic E-state index is -0.162. The maximum Gasteiger partial charge on any atom is 0.275 e. The summed E-state index contributed by atoms with van der Waals surface area (Å²) in [6.45, 7) is 5.59. The zero-order valence-corrected chi connectivity index (χ0v) is 21.1. The number of hydrogen-bond donors (Lipinski definition) is 1. The zero-order chi connectivity index (χ0) is 25.9. The number of nitrogens with one attached hydrogen (secondary N) is 1. The number of amides is 1. The number of aromatic amines is 1. The second-order valence-electron chi connectivity index (χ2n) is 9.15. The van der Waals surface area contributed by atoms with Crippen LogP contribution >= 0.6 is 0 Å². The number of H-pyrrole nitrogens is 1. The van der Waals surface area contributed by atoms with Crippen LogP contribution in [0.3, 0.4) is 0 Å². The van der Waals surface area contributed by atoms with E-state index in [1.54, 1.807) is 38.0 Å². The maximum absolute atomic E-state index is 13.6. The first-order valence-corrected chi connectivity index (χ1v) is 12.3. The minimum absolute atomic E-state index is 0.0769. The molecular weight excluding hydrogens is 468 g/mol. The van der Waals surface area contributed by atoms with Gasteiger partial charge < -0.3 is 24.1 Å². The monoisotopic (exact) mass is 498 g/mol. The van der Waals surface area contributed by atoms with Crippen LogP contribution in [0.1, 0.15) is 23.2 Å². The Kier molecular flexibility index (Phi) is 6.76. The van der Waals surface area contributed by atoms with E-state index in [0.29, 0.717) is 23.0 Å². The van der Waals surface area contributed by atoms with Crippen molar-refractivity contribution in [2.24, 2.45) is 0 Å². The van der Waals surface area contributed by atoms with E-state index in [1.165, 1.54) is 4.57 Å². The van der Waals surface area contributed by atoms with Gasteiger partial charge in [0.05, 0.1) is 18.4 Å². The van der Waals surface area contributed by atoms with Crippen molar-refractivity contribution in [1.29, 1.82) is 0 Å². The van der Waals surface area contributed by atoms with Crippen LogP contribution in [0.15, 0.2) is 72.6 Å². The summed E-state index contributed by atoms with van der Waals surface area (Å²) in [6, 6.07) is 11.6. The van der Waals surface area contributed by atoms with E-state index in [-0.39, 0.29) is 17.5 Å². The number of carbonyl (C=O) groups is 1. The SMILES string of the molecule is C=CCn1cc(C(=O)N(C)C2CCN(c3cc(-c4ccccc4OC)ncn3)CC2)c2cc[nH]c2c1=O. The summed E-state index contributed by atoms with van der Waals surface area (Å²) >= 11 is 0. The molecule has 1 amide bonds. The van der Waals surface area contributed by atoms with Crippen LogP contribution < -0.4 is 15.2 Å². The number of benzene rings is 1. The Morgan fingerprint density at radius 1 is 1.24 bits per heavy atom. The molecule has 1 saturated heterocycles. The lowest BCUT2D eigenvalue weighted by Crippen LogP contribution is -2.46. The number of nitrogens with zero attached hydrogens (tertiary/aromatic N) is 5. The average molecular weight is 499 g/mol. The maximum atomic E-state index is 13.6. The van der Waals surface area contributed by atoms with E-state index in [4.69, 9.17) is 4.74 Å². The standard InChI is InChI=1S/C28H30N6O3/c1-4-13-34-17-22(20-9-12-29-26(20)28(34)36)27(35)32(2)19-10-14-33(15-11-19)25-16-23(30-18-31-25)21-7-5-6-8-24(21)37-3/h4-9,12,16-19,29H,1,10-11,13-15H2,2-3H3. The van der Waals surface area contributed by atoms with Crippen molar-refractivity contribution in [1.82, 2.24) is 24.4 Å². The normalized spacial score (nSPS) is 14.1. The van der Waals surface area contributed by atoms with E-state index in [9.17, 15) is 9.59 Å². The number of ether oxygens (including phenoxy) is 1. The molecule has 0 radical (unpaired) electrons. The van der Waals surface area contributed by atoms with Gasteiger partial charge in [0.15, 0.2) is 0 Å². The van der Waals surface area contributed by atoms with E-state index in [1.807, 2.05) is 42.3 Å². The molecule has 1 aromatic carbocycles. The minimum Gasteiger partial charge on any atom is -0.496 e. The Morgan fingerprint density at radius 3 is 2.78 bits per heavy atom. The van der Waals surface area contributed by atoms with Gasteiger partial charge in [-0.1, -0.05) is 18.2 Å². The van der Waals surface area contributed by atoms with Gasteiger partial charge in [-0.15, -0.1) is 6.58 Å². The third-order valence-corrected chi connectivity index (χ3v) is 7.05. The molecule has 0 spiro atoms. The molecule has 0 atom stereocenters. The van der Waals surface area contributed by atoms with Crippen molar-refractivity contribution >= 4 is 22.6 Å². The number of rotatable bonds is 7. The van der Waals surface area contributed by atoms with Gasteiger partial charge >= 0.3 is 0 Å². The van der Waals surface area contributed by atoms with Crippen LogP contribution in [0.25, 0.3) is 22.2 Å². The average Bonchev–Trinajstić information content (AvgIpc) is 3.44. The van der Waals surface area contributed by atoms with Crippen molar-refractivity contribution in [3.8, 4) is 17.0 Å². The highest BCUT2D eigenvalue weighted by Gasteiger charge is 2.28. The molecule has 5 rings (SSSR count). The predicted octanol–water partition coefficient (Wildman–Crippen LogP) is 3.72. The number of fused-ring (bicyclic) bond motifs is 1. The van der Waals surface area contributed by atoms with Crippen molar-refractivity contribution in [2.75, 3.05) is 32.1 Å². The van der Waals surface area contributed by atoms with Gasteiger partial charge in [-0.2, -0.15) is 0 Å². The topological polar surface area (TPSA) is 96.3 Å². The summed E-state index contributed by atoms with van der Waals surface area (Å²) < 4.78 is 7.01. The Balaban J connectivity index is 1.32. The number of piperidine rings is 1. The lowest BCUT2D eigenvalue weighted by atomic mass is 10.0. The molecule has 4 aromatic rings. The fraction of sp³-hybridized carbons (Fsp3) is 0.286. The van der Waals surface area contributed by atoms with Gasteiger partial charge in [0, 0.05) is 62.1 Å². The van der Waals surface area contributed by atoms with E-state index >= 15 is 0 Å². The molecule has 0 saturated carbocycles. The van der Waals surface area contributed by atoms with Crippen LogP contribution in [-0.4, -0.2) is 63.6 Å². The highest BCUT2D eigenvalue weighted by atomic mass is 16.5. The molecular formula is C28H30N6O3. The molecule has 1 N–H and O–H groups in total. The van der Waals surface area contributed by atoms with E-state index < -0.39 is 0 Å². The van der Waals surface area contributed by atoms with Crippen molar-refractivity contribution in [3.63, 3.8) is 0 Å². The highest BCUT2D eigenvalue weighted by Crippen LogP contribution is 2.30. The first-order chi connectivity index (χ1) is 18.0. The Hall–Kier alpha value is -4.40. The first kappa shape index (κ1) is 24.3. The summed E-state index contributed by atoms with van der Waals surface area (Å²) in [6.07, 6.45) is 8.18. The molecule has 0 bridgehead atoms. The quantitative estimate of drug-likeness (QED) is 0.390. The molecule has 190 valence electrons. The summed E-state index contributed by atoms with van der Waals surface area (Å²) in [7, 11) is 3.49. The van der Waals surface area contributed by atoms with Crippen LogP contribution in [-0.2, 0) is 6.54 Å². The summed E-state index contributed by atoms with van der Waals surface area (Å²) in [5.74, 6) is 1.53. The predicted molar refractivity (Wildman–Crippen MR) is 144 cm³/mol. The number of methoxy groups -OCH3 is 1. The molecule has 4 heterocycles. The molecule has 1 aliphatic heterocycles. The lowest BCUT2D eigenvalue weighted by Gasteiger charge is -2.37. The molecule has 37 heavy (non-hydrogen) atoms. The van der Waals surface area contributed by atoms with Crippen molar-refractivity contribution in [2.45, 2.75) is 25.4 Å². The number of para-hydroxylation sites is 1. The van der Waals surface area contributed by atoms with Crippen molar-refractivity contribution in [3.05, 3.63) is 83.7 Å². The van der Waals surface area contributed by atoms with Gasteiger partial charge in [-0.3, -0.25) is 9.59 Å². The zero-order valence-electron chi connectivity index (χ0n) is 21.1. The fourth-order valence-electron chi connectivity index (χ4n) is 5.01. The summed E-state index contributed by atoms with van der Waals surface area (Å²) in [5.41, 5.74) is 2.51. The van der Waals surface area contributed by atoms with Crippen LogP contribution in [0.5, 0.6) is 5.75 Å². The lowest BCUT2D eigenvalue weighted by molar-refractivity contribution is 0.0710. The molecule has 3 aromatic heterocycles. The number of aromatic nitrogens is 4. The van der Waals surface area contributed by atoms with Crippen LogP contribution in [0.4, 0.5) is 5.82 Å². The summed E-state index contributed by atoms with van der Waals surface area (Å²) in [4.78, 5) is 42.2. The van der Waals surface area contributed by atoms with E-state index in [2.05, 4.69) is 26.4 Å². The van der Waals surface area contributed by atoms with Crippen LogP contribution in [0, 0.1) is 0 Å². The number of allylic oxidation sites excluding steroid dienone is 1. The Bertz CT molecular complexity index is 1500. The van der Waals surface area contributed by atoms with Crippen LogP contribution in [0.2, 0.25) is 0 Å². The molecule has 0 unspecified atom stereocenters. The highest BCUT2D eigenvalue weighted by molar-refractivity contribution is 6.06. The van der Waals surface area contributed by atoms with E-state index in [0.717, 1.165) is 48.8 Å². The Morgan fingerprint density at radius 2 is 2.03 bits per heavy atom. The third-order valence-electron chi connectivity index (χ3n) is 7.05. The molecule has 0 aliphatic carbocycles. The van der Waals surface area contributed by atoms with Gasteiger partial charge in [-0.05, 0) is 31.0 Å². The third kappa shape index (κ3) is 4.60. The first-order valence-electron chi connectivity index (χ1n) is 12.3. The van der Waals surface area contributed by atoms with Crippen molar-refractivity contribution < 1.29 is 9.53 Å². The van der Waals surface area contributed by atoms with Gasteiger partial charge in [0.25, 0.3) is 11.5 Å². The Labute approximate surface area is 215 Å². The number of carbonyl (C=O) groups excluding carboxylic acids is 1. The second kappa shape index (κ2) is 10.3. The molecule has 9 heteroatoms. The number of pyridine rings is 1. The summed E-state index contributed by atoms with van der Waals surface area (Å²) in [5, 5.41) is 0.643. The molecule has 1 fully saturated rings.